The molecule has 0 bridgehead atoms. The van der Waals surface area contributed by atoms with E-state index in [0.29, 0.717) is 6.54 Å². The molecule has 2 amide bonds. The monoisotopic (exact) mass is 382 g/mol. The Balaban J connectivity index is 2.28. The molecule has 0 aliphatic carbocycles. The summed E-state index contributed by atoms with van der Waals surface area (Å²) in [6.07, 6.45) is -0.0623. The van der Waals surface area contributed by atoms with Crippen LogP contribution in [0.2, 0.25) is 0 Å². The van der Waals surface area contributed by atoms with Gasteiger partial charge in [-0.1, -0.05) is 30.3 Å². The highest BCUT2D eigenvalue weighted by molar-refractivity contribution is 8.00. The maximum absolute atomic E-state index is 11.8. The number of benzene rings is 1. The van der Waals surface area contributed by atoms with Crippen molar-refractivity contribution in [2.24, 2.45) is 0 Å². The van der Waals surface area contributed by atoms with Gasteiger partial charge in [-0.05, 0) is 32.8 Å². The second-order valence-corrected chi connectivity index (χ2v) is 7.67. The number of amides is 2. The largest absolute Gasteiger partial charge is 0.480 e. The lowest BCUT2D eigenvalue weighted by atomic mass is 10.1. The fourth-order valence-corrected chi connectivity index (χ4v) is 2.80. The van der Waals surface area contributed by atoms with Crippen molar-refractivity contribution in [2.75, 3.05) is 18.1 Å². The molecule has 0 saturated carbocycles. The minimum atomic E-state index is -1.17. The molecule has 0 fully saturated rings. The van der Waals surface area contributed by atoms with Crippen LogP contribution in [0.25, 0.3) is 0 Å². The zero-order chi connectivity index (χ0) is 19.6. The van der Waals surface area contributed by atoms with E-state index in [9.17, 15) is 14.4 Å². The maximum atomic E-state index is 11.8. The van der Waals surface area contributed by atoms with E-state index in [2.05, 4.69) is 10.6 Å². The van der Waals surface area contributed by atoms with Gasteiger partial charge in [0.1, 0.15) is 11.6 Å². The summed E-state index contributed by atoms with van der Waals surface area (Å²) in [6.45, 7) is 5.59. The van der Waals surface area contributed by atoms with Crippen molar-refractivity contribution in [2.45, 2.75) is 38.8 Å². The quantitative estimate of drug-likeness (QED) is 0.604. The second kappa shape index (κ2) is 10.7. The number of thioether (sulfide) groups is 1. The zero-order valence-electron chi connectivity index (χ0n) is 15.3. The second-order valence-electron chi connectivity index (χ2n) is 6.64. The van der Waals surface area contributed by atoms with Crippen LogP contribution in [0, 0.1) is 0 Å². The molecule has 0 aliphatic heterocycles. The van der Waals surface area contributed by atoms with E-state index in [0.717, 1.165) is 23.7 Å². The molecule has 0 spiro atoms. The highest BCUT2D eigenvalue weighted by Gasteiger charge is 2.24. The summed E-state index contributed by atoms with van der Waals surface area (Å²) in [4.78, 5) is 34.7. The van der Waals surface area contributed by atoms with Crippen molar-refractivity contribution in [1.82, 2.24) is 10.6 Å². The van der Waals surface area contributed by atoms with Gasteiger partial charge in [-0.25, -0.2) is 9.59 Å². The van der Waals surface area contributed by atoms with Crippen LogP contribution < -0.4 is 10.6 Å². The predicted octanol–water partition coefficient (Wildman–Crippen LogP) is 2.06. The Morgan fingerprint density at radius 2 is 1.85 bits per heavy atom. The van der Waals surface area contributed by atoms with Crippen LogP contribution in [0.3, 0.4) is 0 Å². The molecular weight excluding hydrogens is 356 g/mol. The topological polar surface area (TPSA) is 105 Å². The smallest absolute Gasteiger partial charge is 0.408 e. The number of carboxylic acid groups (broad SMARTS) is 1. The summed E-state index contributed by atoms with van der Waals surface area (Å²) in [6, 6.07) is 8.67. The van der Waals surface area contributed by atoms with Crippen molar-refractivity contribution in [3.05, 3.63) is 35.9 Å². The molecule has 0 unspecified atom stereocenters. The molecular formula is C18H26N2O5S. The number of carbonyl (C=O) groups excluding carboxylic acids is 2. The first-order valence-corrected chi connectivity index (χ1v) is 9.43. The third kappa shape index (κ3) is 9.93. The van der Waals surface area contributed by atoms with Crippen LogP contribution in [0.4, 0.5) is 4.79 Å². The first kappa shape index (κ1) is 21.8. The molecule has 1 atom stereocenters. The van der Waals surface area contributed by atoms with Crippen LogP contribution in [0.15, 0.2) is 30.3 Å². The molecule has 1 rings (SSSR count). The number of aliphatic carboxylic acids is 1. The van der Waals surface area contributed by atoms with Crippen molar-refractivity contribution in [3.8, 4) is 0 Å². The molecule has 0 saturated heterocycles. The van der Waals surface area contributed by atoms with Crippen LogP contribution >= 0.6 is 11.8 Å². The molecule has 0 aromatic heterocycles. The Hall–Kier alpha value is -2.22. The third-order valence-electron chi connectivity index (χ3n) is 3.09. The number of ether oxygens (including phenoxy) is 1. The molecule has 8 heteroatoms. The van der Waals surface area contributed by atoms with Gasteiger partial charge in [-0.15, -0.1) is 11.8 Å². The van der Waals surface area contributed by atoms with Gasteiger partial charge in [0, 0.05) is 12.3 Å². The minimum Gasteiger partial charge on any atom is -0.480 e. The van der Waals surface area contributed by atoms with Crippen molar-refractivity contribution in [3.63, 3.8) is 0 Å². The standard InChI is InChI=1S/C18H26N2O5S/c1-18(2,3)25-17(24)20-14(16(22)23)11-26-12-15(21)19-10-9-13-7-5-4-6-8-13/h4-8,14H,9-12H2,1-3H3,(H,19,21)(H,20,24)(H,22,23)/t14-/m0/s1. The Kier molecular flexibility index (Phi) is 8.98. The normalized spacial score (nSPS) is 12.1. The summed E-state index contributed by atoms with van der Waals surface area (Å²) >= 11 is 1.14. The van der Waals surface area contributed by atoms with Crippen molar-refractivity contribution >= 4 is 29.7 Å². The van der Waals surface area contributed by atoms with E-state index < -0.39 is 23.7 Å². The summed E-state index contributed by atoms with van der Waals surface area (Å²) in [5.74, 6) is -1.16. The Bertz CT molecular complexity index is 601. The van der Waals surface area contributed by atoms with Gasteiger partial charge >= 0.3 is 12.1 Å². The van der Waals surface area contributed by atoms with E-state index in [-0.39, 0.29) is 17.4 Å². The molecule has 1 aromatic carbocycles. The lowest BCUT2D eigenvalue weighted by Crippen LogP contribution is -2.45. The molecule has 0 heterocycles. The Labute approximate surface area is 157 Å². The number of nitrogens with one attached hydrogen (secondary N) is 2. The average Bonchev–Trinajstić information content (AvgIpc) is 2.53. The molecule has 144 valence electrons. The fourth-order valence-electron chi connectivity index (χ4n) is 1.94. The molecule has 26 heavy (non-hydrogen) atoms. The SMILES string of the molecule is CC(C)(C)OC(=O)N[C@@H](CSCC(=O)NCCc1ccccc1)C(=O)O. The highest BCUT2D eigenvalue weighted by atomic mass is 32.2. The van der Waals surface area contributed by atoms with Crippen molar-refractivity contribution in [1.29, 1.82) is 0 Å². The summed E-state index contributed by atoms with van der Waals surface area (Å²) in [5.41, 5.74) is 0.423. The molecule has 1 aromatic rings. The van der Waals surface area contributed by atoms with E-state index in [1.807, 2.05) is 30.3 Å². The molecule has 3 N–H and O–H groups in total. The Morgan fingerprint density at radius 1 is 1.19 bits per heavy atom. The highest BCUT2D eigenvalue weighted by Crippen LogP contribution is 2.08. The average molecular weight is 382 g/mol. The van der Waals surface area contributed by atoms with Gasteiger partial charge < -0.3 is 20.5 Å². The third-order valence-corrected chi connectivity index (χ3v) is 4.12. The van der Waals surface area contributed by atoms with E-state index in [1.165, 1.54) is 0 Å². The predicted molar refractivity (Wildman–Crippen MR) is 101 cm³/mol. The van der Waals surface area contributed by atoms with Crippen LogP contribution in [-0.2, 0) is 20.7 Å². The number of hydrogen-bond donors (Lipinski definition) is 3. The summed E-state index contributed by atoms with van der Waals surface area (Å²) in [5, 5.41) is 14.3. The number of carboxylic acids is 1. The van der Waals surface area contributed by atoms with Gasteiger partial charge in [0.2, 0.25) is 5.91 Å². The number of rotatable bonds is 9. The van der Waals surface area contributed by atoms with Gasteiger partial charge in [-0.2, -0.15) is 0 Å². The summed E-state index contributed by atoms with van der Waals surface area (Å²) in [7, 11) is 0. The molecule has 7 nitrogen and oxygen atoms in total. The number of hydrogen-bond acceptors (Lipinski definition) is 5. The van der Waals surface area contributed by atoms with Crippen LogP contribution in [0.1, 0.15) is 26.3 Å². The lowest BCUT2D eigenvalue weighted by molar-refractivity contribution is -0.138. The lowest BCUT2D eigenvalue weighted by Gasteiger charge is -2.21. The van der Waals surface area contributed by atoms with Crippen molar-refractivity contribution < 1.29 is 24.2 Å². The van der Waals surface area contributed by atoms with Crippen LogP contribution in [-0.4, -0.2) is 52.8 Å². The number of alkyl carbamates (subject to hydrolysis) is 1. The fraction of sp³-hybridized carbons (Fsp3) is 0.500. The first-order chi connectivity index (χ1) is 12.2. The van der Waals surface area contributed by atoms with E-state index in [1.54, 1.807) is 20.8 Å². The molecule has 0 radical (unpaired) electrons. The zero-order valence-corrected chi connectivity index (χ0v) is 16.1. The van der Waals surface area contributed by atoms with Crippen LogP contribution in [0.5, 0.6) is 0 Å². The maximum Gasteiger partial charge on any atom is 0.408 e. The van der Waals surface area contributed by atoms with Gasteiger partial charge in [0.15, 0.2) is 0 Å². The van der Waals surface area contributed by atoms with E-state index in [4.69, 9.17) is 9.84 Å². The van der Waals surface area contributed by atoms with E-state index >= 15 is 0 Å². The number of carbonyl (C=O) groups is 3. The first-order valence-electron chi connectivity index (χ1n) is 8.28. The minimum absolute atomic E-state index is 0.0701. The van der Waals surface area contributed by atoms with Gasteiger partial charge in [0.05, 0.1) is 5.75 Å². The molecule has 0 aliphatic rings. The Morgan fingerprint density at radius 3 is 2.42 bits per heavy atom. The van der Waals surface area contributed by atoms with Gasteiger partial charge in [-0.3, -0.25) is 4.79 Å². The summed E-state index contributed by atoms with van der Waals surface area (Å²) < 4.78 is 5.04. The van der Waals surface area contributed by atoms with Gasteiger partial charge in [0.25, 0.3) is 0 Å².